The first-order valence-corrected chi connectivity index (χ1v) is 6.38. The smallest absolute Gasteiger partial charge is 0.284 e. The summed E-state index contributed by atoms with van der Waals surface area (Å²) in [7, 11) is 0. The van der Waals surface area contributed by atoms with Crippen LogP contribution in [0.3, 0.4) is 0 Å². The average molecular weight is 244 g/mol. The van der Waals surface area contributed by atoms with Crippen LogP contribution in [0.25, 0.3) is 0 Å². The molecular formula is C13H12N2OS. The van der Waals surface area contributed by atoms with Crippen molar-refractivity contribution in [2.24, 2.45) is 5.92 Å². The zero-order valence-electron chi connectivity index (χ0n) is 9.22. The number of aromatic amines is 1. The highest BCUT2D eigenvalue weighted by Crippen LogP contribution is 2.64. The second-order valence-electron chi connectivity index (χ2n) is 4.90. The minimum atomic E-state index is 0.386. The Hall–Kier alpha value is -1.42. The zero-order chi connectivity index (χ0) is 11.4. The van der Waals surface area contributed by atoms with Crippen molar-refractivity contribution >= 4 is 12.2 Å². The van der Waals surface area contributed by atoms with Crippen molar-refractivity contribution in [3.63, 3.8) is 0 Å². The van der Waals surface area contributed by atoms with Gasteiger partial charge in [0.15, 0.2) is 0 Å². The van der Waals surface area contributed by atoms with Crippen LogP contribution in [0, 0.1) is 10.8 Å². The first kappa shape index (κ1) is 9.59. The van der Waals surface area contributed by atoms with Crippen LogP contribution in [0.1, 0.15) is 35.3 Å². The molecule has 2 aliphatic carbocycles. The molecule has 17 heavy (non-hydrogen) atoms. The number of hydrogen-bond donors (Lipinski definition) is 1. The normalized spacial score (nSPS) is 29.5. The standard InChI is InChI=1S/C13H12N2OS/c17-13-15-14-12(16-13)11-9-6-5-7-3-1-2-4-8(7)10(9)11/h1-4,9-11H,5-6H2,(H,15,17). The van der Waals surface area contributed by atoms with Crippen LogP contribution in [-0.4, -0.2) is 10.2 Å². The van der Waals surface area contributed by atoms with Crippen molar-refractivity contribution < 1.29 is 4.42 Å². The summed E-state index contributed by atoms with van der Waals surface area (Å²) in [5, 5.41) is 6.90. The summed E-state index contributed by atoms with van der Waals surface area (Å²) in [5.41, 5.74) is 2.98. The fourth-order valence-corrected chi connectivity index (χ4v) is 3.42. The van der Waals surface area contributed by atoms with Crippen molar-refractivity contribution in [3.05, 3.63) is 46.1 Å². The van der Waals surface area contributed by atoms with E-state index in [0.29, 0.717) is 22.6 Å². The third-order valence-electron chi connectivity index (χ3n) is 4.07. The number of hydrogen-bond acceptors (Lipinski definition) is 3. The van der Waals surface area contributed by atoms with E-state index in [9.17, 15) is 0 Å². The Balaban J connectivity index is 1.75. The molecule has 0 aliphatic heterocycles. The second-order valence-corrected chi connectivity index (χ2v) is 5.28. The molecule has 0 amide bonds. The molecular weight excluding hydrogens is 232 g/mol. The maximum Gasteiger partial charge on any atom is 0.284 e. The SMILES string of the molecule is S=c1[nH]nc(C2C3CCc4ccccc4C32)o1. The van der Waals surface area contributed by atoms with Gasteiger partial charge in [-0.3, -0.25) is 0 Å². The lowest BCUT2D eigenvalue weighted by molar-refractivity contribution is 0.472. The molecule has 1 heterocycles. The first-order chi connectivity index (χ1) is 8.34. The van der Waals surface area contributed by atoms with Crippen LogP contribution in [0.4, 0.5) is 0 Å². The molecule has 0 bridgehead atoms. The van der Waals surface area contributed by atoms with E-state index in [0.717, 1.165) is 5.89 Å². The van der Waals surface area contributed by atoms with E-state index in [1.807, 2.05) is 0 Å². The summed E-state index contributed by atoms with van der Waals surface area (Å²) in [6, 6.07) is 8.72. The Morgan fingerprint density at radius 3 is 3.00 bits per heavy atom. The van der Waals surface area contributed by atoms with Gasteiger partial charge in [-0.25, -0.2) is 5.10 Å². The van der Waals surface area contributed by atoms with Gasteiger partial charge in [0.1, 0.15) is 0 Å². The molecule has 0 saturated heterocycles. The van der Waals surface area contributed by atoms with E-state index in [-0.39, 0.29) is 0 Å². The van der Waals surface area contributed by atoms with Gasteiger partial charge in [0.25, 0.3) is 4.84 Å². The highest BCUT2D eigenvalue weighted by atomic mass is 32.1. The highest BCUT2D eigenvalue weighted by molar-refractivity contribution is 7.71. The zero-order valence-corrected chi connectivity index (χ0v) is 10.0. The average Bonchev–Trinajstić information content (AvgIpc) is 2.96. The van der Waals surface area contributed by atoms with Crippen LogP contribution in [0.2, 0.25) is 0 Å². The molecule has 1 aromatic heterocycles. The van der Waals surface area contributed by atoms with E-state index in [1.54, 1.807) is 0 Å². The van der Waals surface area contributed by atoms with Gasteiger partial charge in [-0.2, -0.15) is 0 Å². The van der Waals surface area contributed by atoms with E-state index in [2.05, 4.69) is 34.5 Å². The molecule has 4 heteroatoms. The van der Waals surface area contributed by atoms with Gasteiger partial charge >= 0.3 is 0 Å². The molecule has 3 unspecified atom stereocenters. The summed E-state index contributed by atoms with van der Waals surface area (Å²) in [5.74, 6) is 2.53. The van der Waals surface area contributed by atoms with E-state index in [4.69, 9.17) is 16.6 Å². The highest BCUT2D eigenvalue weighted by Gasteiger charge is 2.56. The van der Waals surface area contributed by atoms with Crippen LogP contribution in [0.15, 0.2) is 28.7 Å². The molecule has 3 atom stereocenters. The number of benzene rings is 1. The van der Waals surface area contributed by atoms with Gasteiger partial charge in [0.05, 0.1) is 0 Å². The topological polar surface area (TPSA) is 41.8 Å². The summed E-state index contributed by atoms with van der Waals surface area (Å²) in [4.78, 5) is 0.386. The largest absolute Gasteiger partial charge is 0.414 e. The first-order valence-electron chi connectivity index (χ1n) is 5.98. The number of nitrogens with zero attached hydrogens (tertiary/aromatic N) is 1. The fourth-order valence-electron chi connectivity index (χ4n) is 3.29. The molecule has 3 nitrogen and oxygen atoms in total. The predicted octanol–water partition coefficient (Wildman–Crippen LogP) is 3.18. The van der Waals surface area contributed by atoms with Crippen molar-refractivity contribution in [2.75, 3.05) is 0 Å². The van der Waals surface area contributed by atoms with Gasteiger partial charge in [0, 0.05) is 5.92 Å². The van der Waals surface area contributed by atoms with E-state index < -0.39 is 0 Å². The lowest BCUT2D eigenvalue weighted by Gasteiger charge is -2.13. The summed E-state index contributed by atoms with van der Waals surface area (Å²) in [6.45, 7) is 0. The molecule has 1 aromatic carbocycles. The predicted molar refractivity (Wildman–Crippen MR) is 65.4 cm³/mol. The van der Waals surface area contributed by atoms with E-state index >= 15 is 0 Å². The number of H-pyrrole nitrogens is 1. The quantitative estimate of drug-likeness (QED) is 0.783. The van der Waals surface area contributed by atoms with Gasteiger partial charge in [-0.05, 0) is 48.0 Å². The minimum absolute atomic E-state index is 0.386. The third kappa shape index (κ3) is 1.33. The minimum Gasteiger partial charge on any atom is -0.414 e. The van der Waals surface area contributed by atoms with Crippen LogP contribution in [0.5, 0.6) is 0 Å². The Morgan fingerprint density at radius 2 is 2.18 bits per heavy atom. The Labute approximate surface area is 104 Å². The molecule has 0 radical (unpaired) electrons. The van der Waals surface area contributed by atoms with Gasteiger partial charge in [0.2, 0.25) is 5.89 Å². The molecule has 2 aromatic rings. The number of nitrogens with one attached hydrogen (secondary N) is 1. The summed E-state index contributed by atoms with van der Waals surface area (Å²) < 4.78 is 5.46. The maximum atomic E-state index is 5.46. The van der Waals surface area contributed by atoms with Crippen LogP contribution < -0.4 is 0 Å². The summed E-state index contributed by atoms with van der Waals surface area (Å²) in [6.07, 6.45) is 2.42. The van der Waals surface area contributed by atoms with E-state index in [1.165, 1.54) is 24.0 Å². The molecule has 0 spiro atoms. The number of rotatable bonds is 1. The molecule has 4 rings (SSSR count). The number of aromatic nitrogens is 2. The van der Waals surface area contributed by atoms with Gasteiger partial charge in [-0.1, -0.05) is 24.3 Å². The van der Waals surface area contributed by atoms with Crippen molar-refractivity contribution in [3.8, 4) is 0 Å². The molecule has 2 aliphatic rings. The second kappa shape index (κ2) is 3.29. The Bertz CT molecular complexity index is 630. The monoisotopic (exact) mass is 244 g/mol. The molecule has 1 saturated carbocycles. The van der Waals surface area contributed by atoms with Gasteiger partial charge in [-0.15, -0.1) is 5.10 Å². The number of aryl methyl sites for hydroxylation is 1. The molecule has 1 N–H and O–H groups in total. The van der Waals surface area contributed by atoms with Crippen LogP contribution in [-0.2, 0) is 6.42 Å². The molecule has 86 valence electrons. The Kier molecular flexibility index (Phi) is 1.86. The lowest BCUT2D eigenvalue weighted by atomic mass is 9.92. The fraction of sp³-hybridized carbons (Fsp3) is 0.385. The summed E-state index contributed by atoms with van der Waals surface area (Å²) >= 11 is 4.94. The number of fused-ring (bicyclic) bond motifs is 3. The molecule has 1 fully saturated rings. The maximum absolute atomic E-state index is 5.46. The van der Waals surface area contributed by atoms with Crippen molar-refractivity contribution in [1.29, 1.82) is 0 Å². The van der Waals surface area contributed by atoms with Crippen LogP contribution >= 0.6 is 12.2 Å². The van der Waals surface area contributed by atoms with Gasteiger partial charge < -0.3 is 4.42 Å². The lowest BCUT2D eigenvalue weighted by Crippen LogP contribution is -2.00. The Morgan fingerprint density at radius 1 is 1.29 bits per heavy atom. The van der Waals surface area contributed by atoms with Crippen molar-refractivity contribution in [2.45, 2.75) is 24.7 Å². The van der Waals surface area contributed by atoms with Crippen molar-refractivity contribution in [1.82, 2.24) is 10.2 Å². The third-order valence-corrected chi connectivity index (χ3v) is 4.24.